The lowest BCUT2D eigenvalue weighted by molar-refractivity contribution is 0.0599. The molecule has 31 heavy (non-hydrogen) atoms. The summed E-state index contributed by atoms with van der Waals surface area (Å²) in [6.07, 6.45) is 16.2. The van der Waals surface area contributed by atoms with Crippen LogP contribution in [0.2, 0.25) is 0 Å². The molecule has 0 spiro atoms. The second-order valence-electron chi connectivity index (χ2n) is 8.59. The predicted molar refractivity (Wildman–Crippen MR) is 129 cm³/mol. The van der Waals surface area contributed by atoms with Crippen molar-refractivity contribution >= 4 is 5.97 Å². The van der Waals surface area contributed by atoms with E-state index in [1.807, 2.05) is 6.07 Å². The fraction of sp³-hybridized carbons (Fsp3) is 0.741. The highest BCUT2D eigenvalue weighted by Gasteiger charge is 2.12. The van der Waals surface area contributed by atoms with E-state index in [9.17, 15) is 4.79 Å². The van der Waals surface area contributed by atoms with E-state index in [0.29, 0.717) is 36.2 Å². The molecular weight excluding hydrogens is 388 g/mol. The van der Waals surface area contributed by atoms with Crippen LogP contribution in [0.1, 0.15) is 115 Å². The maximum atomic E-state index is 12.1. The predicted octanol–water partition coefficient (Wildman–Crippen LogP) is 7.98. The summed E-state index contributed by atoms with van der Waals surface area (Å²) in [7, 11) is 1.40. The van der Waals surface area contributed by atoms with Gasteiger partial charge in [-0.15, -0.1) is 0 Å². The molecule has 0 bridgehead atoms. The lowest BCUT2D eigenvalue weighted by Gasteiger charge is -2.17. The van der Waals surface area contributed by atoms with Gasteiger partial charge in [-0.1, -0.05) is 91.4 Å². The highest BCUT2D eigenvalue weighted by atomic mass is 16.5. The molecule has 0 fully saturated rings. The van der Waals surface area contributed by atoms with Crippen LogP contribution in [0.25, 0.3) is 0 Å². The number of hydrogen-bond acceptors (Lipinski definition) is 4. The summed E-state index contributed by atoms with van der Waals surface area (Å²) in [4.78, 5) is 12.1. The quantitative estimate of drug-likeness (QED) is 0.163. The molecule has 0 N–H and O–H groups in total. The van der Waals surface area contributed by atoms with E-state index in [0.717, 1.165) is 12.8 Å². The van der Waals surface area contributed by atoms with Crippen molar-refractivity contribution in [2.24, 2.45) is 5.92 Å². The smallest absolute Gasteiger partial charge is 0.338 e. The summed E-state index contributed by atoms with van der Waals surface area (Å²) in [5, 5.41) is 0. The van der Waals surface area contributed by atoms with Crippen molar-refractivity contribution in [2.45, 2.75) is 104 Å². The zero-order valence-corrected chi connectivity index (χ0v) is 20.5. The van der Waals surface area contributed by atoms with Gasteiger partial charge in [0.1, 0.15) is 11.5 Å². The number of hydrogen-bond donors (Lipinski definition) is 0. The van der Waals surface area contributed by atoms with Crippen molar-refractivity contribution in [3.63, 3.8) is 0 Å². The van der Waals surface area contributed by atoms with Crippen LogP contribution in [0, 0.1) is 5.92 Å². The zero-order valence-electron chi connectivity index (χ0n) is 20.5. The van der Waals surface area contributed by atoms with Gasteiger partial charge in [0, 0.05) is 6.07 Å². The van der Waals surface area contributed by atoms with Crippen LogP contribution < -0.4 is 9.47 Å². The number of rotatable bonds is 19. The number of carbonyl (C=O) groups is 1. The fourth-order valence-corrected chi connectivity index (χ4v) is 3.69. The van der Waals surface area contributed by atoms with Gasteiger partial charge < -0.3 is 14.2 Å². The molecule has 0 saturated heterocycles. The maximum absolute atomic E-state index is 12.1. The molecule has 0 heterocycles. The van der Waals surface area contributed by atoms with Crippen molar-refractivity contribution in [2.75, 3.05) is 20.3 Å². The Kier molecular flexibility index (Phi) is 15.8. The van der Waals surface area contributed by atoms with E-state index < -0.39 is 0 Å². The summed E-state index contributed by atoms with van der Waals surface area (Å²) >= 11 is 0. The summed E-state index contributed by atoms with van der Waals surface area (Å²) in [5.41, 5.74) is 0.476. The molecule has 1 atom stereocenters. The summed E-state index contributed by atoms with van der Waals surface area (Å²) in [6, 6.07) is 5.40. The fourth-order valence-electron chi connectivity index (χ4n) is 3.69. The number of esters is 1. The molecule has 0 amide bonds. The van der Waals surface area contributed by atoms with E-state index >= 15 is 0 Å². The van der Waals surface area contributed by atoms with Gasteiger partial charge in [-0.25, -0.2) is 4.79 Å². The van der Waals surface area contributed by atoms with Crippen molar-refractivity contribution < 1.29 is 19.0 Å². The second-order valence-corrected chi connectivity index (χ2v) is 8.59. The van der Waals surface area contributed by atoms with Crippen LogP contribution in [0.5, 0.6) is 11.5 Å². The average molecular weight is 435 g/mol. The molecule has 1 unspecified atom stereocenters. The van der Waals surface area contributed by atoms with Crippen molar-refractivity contribution in [3.8, 4) is 11.5 Å². The minimum Gasteiger partial charge on any atom is -0.493 e. The third-order valence-electron chi connectivity index (χ3n) is 5.85. The normalized spacial score (nSPS) is 11.9. The van der Waals surface area contributed by atoms with Crippen LogP contribution in [0.15, 0.2) is 18.2 Å². The summed E-state index contributed by atoms with van der Waals surface area (Å²) in [6.45, 7) is 8.00. The van der Waals surface area contributed by atoms with Gasteiger partial charge in [0.25, 0.3) is 0 Å². The lowest BCUT2D eigenvalue weighted by atomic mass is 10.0. The van der Waals surface area contributed by atoms with E-state index in [2.05, 4.69) is 20.8 Å². The molecule has 178 valence electrons. The second kappa shape index (κ2) is 17.9. The molecule has 1 aromatic carbocycles. The van der Waals surface area contributed by atoms with Crippen LogP contribution >= 0.6 is 0 Å². The van der Waals surface area contributed by atoms with Gasteiger partial charge in [0.05, 0.1) is 25.9 Å². The number of ether oxygens (including phenoxy) is 3. The Morgan fingerprint density at radius 3 is 1.94 bits per heavy atom. The SMILES string of the molecule is CCCCCCCCCCCOc1cc(OCC(CC)CCCC)cc(C(=O)OC)c1. The molecule has 4 nitrogen and oxygen atoms in total. The summed E-state index contributed by atoms with van der Waals surface area (Å²) in [5.74, 6) is 1.53. The monoisotopic (exact) mass is 434 g/mol. The third-order valence-corrected chi connectivity index (χ3v) is 5.85. The van der Waals surface area contributed by atoms with Gasteiger partial charge in [-0.3, -0.25) is 0 Å². The number of unbranched alkanes of at least 4 members (excludes halogenated alkanes) is 9. The molecule has 1 rings (SSSR count). The standard InChI is InChI=1S/C27H46O4/c1-5-8-10-11-12-13-14-15-16-18-30-25-19-24(27(28)29-4)20-26(21-25)31-22-23(7-3)17-9-6-2/h19-21,23H,5-18,22H2,1-4H3. The molecular formula is C27H46O4. The van der Waals surface area contributed by atoms with E-state index in [1.165, 1.54) is 77.7 Å². The molecule has 0 saturated carbocycles. The van der Waals surface area contributed by atoms with Crippen LogP contribution in [0.3, 0.4) is 0 Å². The first kappa shape index (κ1) is 27.3. The largest absolute Gasteiger partial charge is 0.493 e. The first-order chi connectivity index (χ1) is 15.1. The molecule has 0 aromatic heterocycles. The Morgan fingerprint density at radius 1 is 0.774 bits per heavy atom. The van der Waals surface area contributed by atoms with Crippen LogP contribution in [-0.2, 0) is 4.74 Å². The highest BCUT2D eigenvalue weighted by Crippen LogP contribution is 2.25. The lowest BCUT2D eigenvalue weighted by Crippen LogP contribution is -2.12. The molecule has 0 radical (unpaired) electrons. The number of carbonyl (C=O) groups excluding carboxylic acids is 1. The average Bonchev–Trinajstić information content (AvgIpc) is 2.79. The molecule has 0 aliphatic rings. The van der Waals surface area contributed by atoms with Gasteiger partial charge >= 0.3 is 5.97 Å². The van der Waals surface area contributed by atoms with Gasteiger partial charge in [-0.2, -0.15) is 0 Å². The molecule has 4 heteroatoms. The van der Waals surface area contributed by atoms with E-state index in [4.69, 9.17) is 14.2 Å². The first-order valence-corrected chi connectivity index (χ1v) is 12.6. The molecule has 0 aliphatic carbocycles. The highest BCUT2D eigenvalue weighted by molar-refractivity contribution is 5.90. The Balaban J connectivity index is 2.47. The first-order valence-electron chi connectivity index (χ1n) is 12.6. The van der Waals surface area contributed by atoms with Crippen molar-refractivity contribution in [1.29, 1.82) is 0 Å². The van der Waals surface area contributed by atoms with Gasteiger partial charge in [0.2, 0.25) is 0 Å². The topological polar surface area (TPSA) is 44.8 Å². The minimum absolute atomic E-state index is 0.364. The maximum Gasteiger partial charge on any atom is 0.338 e. The Hall–Kier alpha value is -1.71. The third kappa shape index (κ3) is 12.7. The van der Waals surface area contributed by atoms with Gasteiger partial charge in [-0.05, 0) is 30.9 Å². The zero-order chi connectivity index (χ0) is 22.7. The number of methoxy groups -OCH3 is 1. The Labute approximate surface area is 191 Å². The Morgan fingerprint density at radius 2 is 1.35 bits per heavy atom. The summed E-state index contributed by atoms with van der Waals surface area (Å²) < 4.78 is 16.9. The van der Waals surface area contributed by atoms with Crippen molar-refractivity contribution in [1.82, 2.24) is 0 Å². The minimum atomic E-state index is -0.364. The van der Waals surface area contributed by atoms with Crippen LogP contribution in [-0.4, -0.2) is 26.3 Å². The molecule has 0 aliphatic heterocycles. The van der Waals surface area contributed by atoms with Crippen molar-refractivity contribution in [3.05, 3.63) is 23.8 Å². The molecule has 1 aromatic rings. The number of benzene rings is 1. The van der Waals surface area contributed by atoms with E-state index in [-0.39, 0.29) is 5.97 Å². The van der Waals surface area contributed by atoms with Crippen LogP contribution in [0.4, 0.5) is 0 Å². The van der Waals surface area contributed by atoms with Gasteiger partial charge in [0.15, 0.2) is 0 Å². The van der Waals surface area contributed by atoms with E-state index in [1.54, 1.807) is 12.1 Å². The Bertz CT molecular complexity index is 585.